The van der Waals surface area contributed by atoms with Gasteiger partial charge in [0.1, 0.15) is 23.6 Å². The monoisotopic (exact) mass is 728 g/mol. The molecule has 1 aromatic heterocycles. The fraction of sp³-hybridized carbons (Fsp3) is 0.619. The fourth-order valence-corrected chi connectivity index (χ4v) is 7.91. The summed E-state index contributed by atoms with van der Waals surface area (Å²) in [5.74, 6) is -2.85. The highest BCUT2D eigenvalue weighted by atomic mass is 16.5. The van der Waals surface area contributed by atoms with Crippen LogP contribution in [0.25, 0.3) is 0 Å². The van der Waals surface area contributed by atoms with E-state index in [-0.39, 0.29) is 67.2 Å². The Hall–Kier alpha value is -4.28. The van der Waals surface area contributed by atoms with Gasteiger partial charge in [-0.1, -0.05) is 71.6 Å². The van der Waals surface area contributed by atoms with Gasteiger partial charge in [-0.25, -0.2) is 4.98 Å². The molecule has 0 bridgehead atoms. The molecule has 2 heterocycles. The van der Waals surface area contributed by atoms with Crippen LogP contribution in [0.1, 0.15) is 122 Å². The van der Waals surface area contributed by atoms with E-state index >= 15 is 0 Å². The number of nitrogens with zero attached hydrogens (tertiary/aromatic N) is 3. The number of rotatable bonds is 18. The van der Waals surface area contributed by atoms with Crippen LogP contribution in [0.5, 0.6) is 5.75 Å². The van der Waals surface area contributed by atoms with Gasteiger partial charge in [-0.3, -0.25) is 33.8 Å². The van der Waals surface area contributed by atoms with Gasteiger partial charge in [0.25, 0.3) is 0 Å². The number of carbonyl (C=O) groups excluding carboxylic acids is 6. The number of ether oxygens (including phenoxy) is 1. The largest absolute Gasteiger partial charge is 0.488 e. The zero-order valence-electron chi connectivity index (χ0n) is 31.8. The first-order valence-electron chi connectivity index (χ1n) is 19.6. The molecular formula is C42H56N4O7. The summed E-state index contributed by atoms with van der Waals surface area (Å²) in [7, 11) is 0. The van der Waals surface area contributed by atoms with Gasteiger partial charge in [0.05, 0.1) is 18.8 Å². The number of ketones is 4. The Bertz CT molecular complexity index is 1600. The maximum Gasteiger partial charge on any atom is 0.246 e. The maximum absolute atomic E-state index is 14.8. The number of hydrogen-bond acceptors (Lipinski definition) is 9. The molecule has 5 atom stereocenters. The smallest absolute Gasteiger partial charge is 0.246 e. The van der Waals surface area contributed by atoms with Crippen LogP contribution in [0.3, 0.4) is 0 Å². The molecular weight excluding hydrogens is 672 g/mol. The first kappa shape index (κ1) is 39.9. The zero-order valence-corrected chi connectivity index (χ0v) is 31.8. The van der Waals surface area contributed by atoms with E-state index in [1.165, 1.54) is 23.5 Å². The molecule has 11 heteroatoms. The van der Waals surface area contributed by atoms with Gasteiger partial charge in [0.2, 0.25) is 17.6 Å². The molecule has 0 radical (unpaired) electrons. The molecule has 0 spiro atoms. The molecule has 53 heavy (non-hydrogen) atoms. The van der Waals surface area contributed by atoms with E-state index in [0.717, 1.165) is 44.9 Å². The lowest BCUT2D eigenvalue weighted by Gasteiger charge is -2.37. The third-order valence-corrected chi connectivity index (χ3v) is 11.1. The third-order valence-electron chi connectivity index (χ3n) is 11.1. The van der Waals surface area contributed by atoms with Crippen molar-refractivity contribution < 1.29 is 33.5 Å². The van der Waals surface area contributed by atoms with E-state index in [4.69, 9.17) is 4.74 Å². The number of para-hydroxylation sites is 1. The summed E-state index contributed by atoms with van der Waals surface area (Å²) >= 11 is 0. The minimum Gasteiger partial charge on any atom is -0.488 e. The number of aromatic nitrogens is 2. The zero-order chi connectivity index (χ0) is 38.1. The molecule has 1 unspecified atom stereocenters. The van der Waals surface area contributed by atoms with Crippen molar-refractivity contribution >= 4 is 34.9 Å². The van der Waals surface area contributed by atoms with Crippen LogP contribution in [0.4, 0.5) is 0 Å². The van der Waals surface area contributed by atoms with Crippen LogP contribution in [-0.2, 0) is 24.0 Å². The van der Waals surface area contributed by atoms with E-state index in [1.54, 1.807) is 0 Å². The summed E-state index contributed by atoms with van der Waals surface area (Å²) in [6.07, 6.45) is 11.6. The Balaban J connectivity index is 1.39. The maximum atomic E-state index is 14.8. The van der Waals surface area contributed by atoms with E-state index in [2.05, 4.69) is 15.3 Å². The van der Waals surface area contributed by atoms with Crippen molar-refractivity contribution in [1.29, 1.82) is 0 Å². The van der Waals surface area contributed by atoms with Crippen molar-refractivity contribution in [2.75, 3.05) is 6.54 Å². The van der Waals surface area contributed by atoms with Crippen molar-refractivity contribution in [1.82, 2.24) is 20.2 Å². The molecule has 5 rings (SSSR count). The molecule has 2 aliphatic carbocycles. The Morgan fingerprint density at radius 2 is 1.66 bits per heavy atom. The van der Waals surface area contributed by atoms with Crippen LogP contribution < -0.4 is 10.1 Å². The van der Waals surface area contributed by atoms with Gasteiger partial charge in [0, 0.05) is 49.9 Å². The molecule has 2 amide bonds. The number of carbonyl (C=O) groups is 6. The molecule has 2 aromatic rings. The van der Waals surface area contributed by atoms with Crippen molar-refractivity contribution in [3.8, 4) is 5.75 Å². The van der Waals surface area contributed by atoms with Crippen LogP contribution in [0.15, 0.2) is 48.9 Å². The second-order valence-corrected chi connectivity index (χ2v) is 16.4. The number of benzene rings is 1. The highest BCUT2D eigenvalue weighted by molar-refractivity contribution is 6.38. The Morgan fingerprint density at radius 1 is 0.943 bits per heavy atom. The highest BCUT2D eigenvalue weighted by Gasteiger charge is 2.47. The van der Waals surface area contributed by atoms with Crippen molar-refractivity contribution in [2.24, 2.45) is 29.1 Å². The van der Waals surface area contributed by atoms with Crippen LogP contribution in [-0.4, -0.2) is 74.5 Å². The van der Waals surface area contributed by atoms with E-state index in [1.807, 2.05) is 58.0 Å². The lowest BCUT2D eigenvalue weighted by molar-refractivity contribution is -0.145. The number of Topliss-reactive ketones (excluding diaryl/α,β-unsaturated/α-hetero) is 4. The molecule has 3 fully saturated rings. The van der Waals surface area contributed by atoms with Gasteiger partial charge in [-0.05, 0) is 61.5 Å². The molecule has 1 aliphatic heterocycles. The quantitative estimate of drug-likeness (QED) is 0.141. The second-order valence-electron chi connectivity index (χ2n) is 16.4. The first-order chi connectivity index (χ1) is 25.3. The van der Waals surface area contributed by atoms with Gasteiger partial charge in [-0.2, -0.15) is 0 Å². The Kier molecular flexibility index (Phi) is 13.7. The van der Waals surface area contributed by atoms with Crippen LogP contribution in [0, 0.1) is 29.1 Å². The van der Waals surface area contributed by atoms with Crippen molar-refractivity contribution in [2.45, 2.75) is 129 Å². The number of likely N-dealkylation sites (tertiary alicyclic amines) is 1. The lowest BCUT2D eigenvalue weighted by Crippen LogP contribution is -2.58. The topological polar surface area (TPSA) is 153 Å². The average molecular weight is 729 g/mol. The Morgan fingerprint density at radius 3 is 2.28 bits per heavy atom. The summed E-state index contributed by atoms with van der Waals surface area (Å²) in [6, 6.07) is 7.26. The fourth-order valence-electron chi connectivity index (χ4n) is 7.91. The van der Waals surface area contributed by atoms with Crippen LogP contribution >= 0.6 is 0 Å². The van der Waals surface area contributed by atoms with Crippen molar-refractivity contribution in [3.05, 3.63) is 54.6 Å². The molecule has 1 aromatic carbocycles. The van der Waals surface area contributed by atoms with E-state index in [0.29, 0.717) is 18.6 Å². The number of hydrogen-bond donors (Lipinski definition) is 1. The number of amides is 2. The SMILES string of the molecule is CCCC(CC(=O)[C@@H]1C[C@@H](Oc2ccccc2)CN1C(=O)[C@@H](NC(=O)[C@@H](CC(=O)c1cnccn1)C1CCCCC1)C(C)(C)C)C(=O)C(=O)CC1CC1. The minimum atomic E-state index is -1.02. The Labute approximate surface area is 313 Å². The summed E-state index contributed by atoms with van der Waals surface area (Å²) in [5.41, 5.74) is -0.567. The standard InChI is InChI=1S/C42H56N4O7/c1-5-12-29(38(50)37(49)21-27-17-18-27)22-36(48)34-23-31(53-30-15-10-7-11-16-30)26-46(34)41(52)39(42(2,3)4)45-40(51)32(28-13-8-6-9-14-28)24-35(47)33-25-43-19-20-44-33/h7,10-11,15-16,19-20,25,27-29,31-32,34,39H,5-6,8-9,12-14,17-18,21-24,26H2,1-4H3,(H,45,51)/t29?,31-,32+,34+,39-/m1/s1. The van der Waals surface area contributed by atoms with E-state index < -0.39 is 52.9 Å². The van der Waals surface area contributed by atoms with Gasteiger partial charge < -0.3 is 15.0 Å². The molecule has 2 saturated carbocycles. The van der Waals surface area contributed by atoms with Gasteiger partial charge in [0.15, 0.2) is 17.3 Å². The molecule has 1 N–H and O–H groups in total. The number of nitrogens with one attached hydrogen (secondary N) is 1. The molecule has 286 valence electrons. The normalized spacial score (nSPS) is 20.9. The molecule has 11 nitrogen and oxygen atoms in total. The van der Waals surface area contributed by atoms with Crippen LogP contribution in [0.2, 0.25) is 0 Å². The second kappa shape index (κ2) is 18.2. The average Bonchev–Trinajstić information content (AvgIpc) is 3.87. The van der Waals surface area contributed by atoms with Gasteiger partial charge in [-0.15, -0.1) is 0 Å². The summed E-state index contributed by atoms with van der Waals surface area (Å²) in [5, 5.41) is 3.06. The predicted molar refractivity (Wildman–Crippen MR) is 199 cm³/mol. The summed E-state index contributed by atoms with van der Waals surface area (Å²) in [6.45, 7) is 7.62. The predicted octanol–water partition coefficient (Wildman–Crippen LogP) is 6.14. The first-order valence-corrected chi connectivity index (χ1v) is 19.6. The lowest BCUT2D eigenvalue weighted by atomic mass is 9.76. The summed E-state index contributed by atoms with van der Waals surface area (Å²) < 4.78 is 6.27. The molecule has 3 aliphatic rings. The van der Waals surface area contributed by atoms with E-state index in [9.17, 15) is 28.8 Å². The highest BCUT2D eigenvalue weighted by Crippen LogP contribution is 2.36. The summed E-state index contributed by atoms with van der Waals surface area (Å²) in [4.78, 5) is 92.5. The minimum absolute atomic E-state index is 0.0273. The van der Waals surface area contributed by atoms with Gasteiger partial charge >= 0.3 is 0 Å². The molecule has 1 saturated heterocycles. The third kappa shape index (κ3) is 10.9. The van der Waals surface area contributed by atoms with Crippen molar-refractivity contribution in [3.63, 3.8) is 0 Å².